The highest BCUT2D eigenvalue weighted by atomic mass is 16.3. The van der Waals surface area contributed by atoms with Gasteiger partial charge in [0.25, 0.3) is 0 Å². The van der Waals surface area contributed by atoms with Crippen LogP contribution in [0.5, 0.6) is 0 Å². The van der Waals surface area contributed by atoms with E-state index in [0.29, 0.717) is 19.6 Å². The molecule has 2 rings (SSSR count). The number of aromatic nitrogens is 1. The van der Waals surface area contributed by atoms with Crippen LogP contribution in [0, 0.1) is 13.8 Å². The van der Waals surface area contributed by atoms with Crippen LogP contribution < -0.4 is 10.6 Å². The van der Waals surface area contributed by atoms with E-state index in [-0.39, 0.29) is 0 Å². The number of β-amino-alcohol motifs (C(OH)–C–C–N with tert-alkyl or cyclic N) is 2. The summed E-state index contributed by atoms with van der Waals surface area (Å²) >= 11 is 0. The van der Waals surface area contributed by atoms with Crippen molar-refractivity contribution in [3.05, 3.63) is 23.0 Å². The zero-order valence-electron chi connectivity index (χ0n) is 10.2. The van der Waals surface area contributed by atoms with E-state index in [4.69, 9.17) is 5.73 Å². The number of nitrogens with zero attached hydrogens (tertiary/aromatic N) is 2. The van der Waals surface area contributed by atoms with E-state index < -0.39 is 12.2 Å². The number of aliphatic hydroxyl groups excluding tert-OH is 2. The first-order valence-corrected chi connectivity index (χ1v) is 5.81. The van der Waals surface area contributed by atoms with Gasteiger partial charge in [-0.2, -0.15) is 0 Å². The van der Waals surface area contributed by atoms with Gasteiger partial charge < -0.3 is 20.8 Å². The van der Waals surface area contributed by atoms with Gasteiger partial charge in [0, 0.05) is 42.3 Å². The Morgan fingerprint density at radius 1 is 1.35 bits per heavy atom. The molecule has 94 valence electrons. The van der Waals surface area contributed by atoms with E-state index >= 15 is 0 Å². The Kier molecular flexibility index (Phi) is 3.33. The van der Waals surface area contributed by atoms with Crippen LogP contribution in [0.25, 0.3) is 0 Å². The maximum atomic E-state index is 9.59. The van der Waals surface area contributed by atoms with Gasteiger partial charge in [-0.05, 0) is 19.9 Å². The molecular formula is C12H19N3O2. The summed E-state index contributed by atoms with van der Waals surface area (Å²) in [6.07, 6.45) is -1.37. The predicted octanol–water partition coefficient (Wildman–Crippen LogP) is -0.301. The highest BCUT2D eigenvalue weighted by Crippen LogP contribution is 2.27. The standard InChI is InChI=1S/C12H19N3O2/c1-7-3-10(9(4-13)8(2)14-7)15-5-11(16)12(17)6-15/h3,11-12,16-17H,4-6,13H2,1-2H3. The van der Waals surface area contributed by atoms with Crippen molar-refractivity contribution in [2.45, 2.75) is 32.6 Å². The fourth-order valence-electron chi connectivity index (χ4n) is 2.34. The summed E-state index contributed by atoms with van der Waals surface area (Å²) in [7, 11) is 0. The van der Waals surface area contributed by atoms with E-state index in [9.17, 15) is 10.2 Å². The predicted molar refractivity (Wildman–Crippen MR) is 65.8 cm³/mol. The number of nitrogens with two attached hydrogens (primary N) is 1. The van der Waals surface area contributed by atoms with Gasteiger partial charge >= 0.3 is 0 Å². The highest BCUT2D eigenvalue weighted by molar-refractivity contribution is 5.57. The molecule has 17 heavy (non-hydrogen) atoms. The molecule has 0 radical (unpaired) electrons. The minimum atomic E-state index is -0.686. The van der Waals surface area contributed by atoms with Crippen LogP contribution in [-0.2, 0) is 6.54 Å². The summed E-state index contributed by atoms with van der Waals surface area (Å²) in [4.78, 5) is 6.35. The molecule has 5 heteroatoms. The SMILES string of the molecule is Cc1cc(N2CC(O)C(O)C2)c(CN)c(C)n1. The zero-order valence-corrected chi connectivity index (χ0v) is 10.2. The minimum absolute atomic E-state index is 0.414. The fourth-order valence-corrected chi connectivity index (χ4v) is 2.34. The second-order valence-electron chi connectivity index (χ2n) is 4.59. The van der Waals surface area contributed by atoms with Crippen molar-refractivity contribution in [1.29, 1.82) is 0 Å². The summed E-state index contributed by atoms with van der Waals surface area (Å²) in [6.45, 7) is 5.16. The Bertz CT molecular complexity index is 412. The lowest BCUT2D eigenvalue weighted by Gasteiger charge is -2.22. The van der Waals surface area contributed by atoms with E-state index in [0.717, 1.165) is 22.6 Å². The van der Waals surface area contributed by atoms with Crippen LogP contribution in [0.1, 0.15) is 17.0 Å². The molecule has 1 fully saturated rings. The zero-order chi connectivity index (χ0) is 12.6. The number of rotatable bonds is 2. The van der Waals surface area contributed by atoms with Crippen LogP contribution in [0.3, 0.4) is 0 Å². The Morgan fingerprint density at radius 2 is 1.94 bits per heavy atom. The molecule has 1 aliphatic heterocycles. The Morgan fingerprint density at radius 3 is 2.47 bits per heavy atom. The van der Waals surface area contributed by atoms with Gasteiger partial charge in [-0.3, -0.25) is 4.98 Å². The van der Waals surface area contributed by atoms with Crippen molar-refractivity contribution in [2.24, 2.45) is 5.73 Å². The second-order valence-corrected chi connectivity index (χ2v) is 4.59. The number of aliphatic hydroxyl groups is 2. The van der Waals surface area contributed by atoms with Crippen LogP contribution in [0.15, 0.2) is 6.07 Å². The molecule has 0 amide bonds. The Balaban J connectivity index is 2.38. The van der Waals surface area contributed by atoms with Crippen molar-refractivity contribution in [3.8, 4) is 0 Å². The average Bonchev–Trinajstić information content (AvgIpc) is 2.58. The number of pyridine rings is 1. The smallest absolute Gasteiger partial charge is 0.0990 e. The monoisotopic (exact) mass is 237 g/mol. The van der Waals surface area contributed by atoms with Crippen molar-refractivity contribution in [2.75, 3.05) is 18.0 Å². The maximum absolute atomic E-state index is 9.59. The molecule has 1 aliphatic rings. The van der Waals surface area contributed by atoms with Crippen LogP contribution in [-0.4, -0.2) is 40.5 Å². The Hall–Kier alpha value is -1.17. The van der Waals surface area contributed by atoms with Crippen molar-refractivity contribution < 1.29 is 10.2 Å². The van der Waals surface area contributed by atoms with Crippen molar-refractivity contribution in [3.63, 3.8) is 0 Å². The molecule has 0 saturated carbocycles. The van der Waals surface area contributed by atoms with Crippen LogP contribution in [0.2, 0.25) is 0 Å². The Labute approximate surface area is 101 Å². The lowest BCUT2D eigenvalue weighted by atomic mass is 10.1. The molecule has 2 atom stereocenters. The van der Waals surface area contributed by atoms with Crippen LogP contribution >= 0.6 is 0 Å². The maximum Gasteiger partial charge on any atom is 0.0990 e. The molecule has 2 heterocycles. The first-order valence-electron chi connectivity index (χ1n) is 5.81. The molecule has 5 nitrogen and oxygen atoms in total. The summed E-state index contributed by atoms with van der Waals surface area (Å²) in [5, 5.41) is 19.2. The third-order valence-electron chi connectivity index (χ3n) is 3.24. The first kappa shape index (κ1) is 12.3. The minimum Gasteiger partial charge on any atom is -0.389 e. The summed E-state index contributed by atoms with van der Waals surface area (Å²) < 4.78 is 0. The fraction of sp³-hybridized carbons (Fsp3) is 0.583. The summed E-state index contributed by atoms with van der Waals surface area (Å²) in [5.41, 5.74) is 9.55. The van der Waals surface area contributed by atoms with Gasteiger partial charge in [0.2, 0.25) is 0 Å². The van der Waals surface area contributed by atoms with E-state index in [1.54, 1.807) is 0 Å². The molecule has 0 aliphatic carbocycles. The summed E-state index contributed by atoms with van der Waals surface area (Å²) in [5.74, 6) is 0. The molecule has 0 bridgehead atoms. The second kappa shape index (κ2) is 4.60. The van der Waals surface area contributed by atoms with Gasteiger partial charge in [0.1, 0.15) is 0 Å². The molecule has 2 unspecified atom stereocenters. The highest BCUT2D eigenvalue weighted by Gasteiger charge is 2.31. The lowest BCUT2D eigenvalue weighted by molar-refractivity contribution is 0.0572. The van der Waals surface area contributed by atoms with E-state index in [1.165, 1.54) is 0 Å². The van der Waals surface area contributed by atoms with Gasteiger partial charge in [0.15, 0.2) is 0 Å². The molecule has 1 aromatic heterocycles. The number of aryl methyl sites for hydroxylation is 2. The van der Waals surface area contributed by atoms with E-state index in [1.807, 2.05) is 24.8 Å². The topological polar surface area (TPSA) is 82.6 Å². The quantitative estimate of drug-likeness (QED) is 0.658. The summed E-state index contributed by atoms with van der Waals surface area (Å²) in [6, 6.07) is 1.96. The van der Waals surface area contributed by atoms with Crippen LogP contribution in [0.4, 0.5) is 5.69 Å². The third-order valence-corrected chi connectivity index (χ3v) is 3.24. The van der Waals surface area contributed by atoms with E-state index in [2.05, 4.69) is 4.98 Å². The van der Waals surface area contributed by atoms with Gasteiger partial charge in [-0.15, -0.1) is 0 Å². The molecular weight excluding hydrogens is 218 g/mol. The number of hydrogen-bond donors (Lipinski definition) is 3. The van der Waals surface area contributed by atoms with Gasteiger partial charge in [-0.1, -0.05) is 0 Å². The molecule has 1 saturated heterocycles. The molecule has 1 aromatic rings. The van der Waals surface area contributed by atoms with Gasteiger partial charge in [0.05, 0.1) is 12.2 Å². The van der Waals surface area contributed by atoms with Crippen molar-refractivity contribution in [1.82, 2.24) is 4.98 Å². The third kappa shape index (κ3) is 2.26. The lowest BCUT2D eigenvalue weighted by Crippen LogP contribution is -2.24. The van der Waals surface area contributed by atoms with Crippen molar-refractivity contribution >= 4 is 5.69 Å². The molecule has 0 spiro atoms. The largest absolute Gasteiger partial charge is 0.389 e. The normalized spacial score (nSPS) is 24.4. The average molecular weight is 237 g/mol. The number of anilines is 1. The first-order chi connectivity index (χ1) is 8.02. The molecule has 4 N–H and O–H groups in total. The van der Waals surface area contributed by atoms with Gasteiger partial charge in [-0.25, -0.2) is 0 Å². The number of hydrogen-bond acceptors (Lipinski definition) is 5. The molecule has 0 aromatic carbocycles.